The maximum atomic E-state index is 13.5. The minimum absolute atomic E-state index is 0.0183. The van der Waals surface area contributed by atoms with Crippen LogP contribution < -0.4 is 10.1 Å². The van der Waals surface area contributed by atoms with Gasteiger partial charge in [-0.25, -0.2) is 8.42 Å². The fourth-order valence-corrected chi connectivity index (χ4v) is 5.83. The molecule has 32 heavy (non-hydrogen) atoms. The SMILES string of the molecule is CCOc1ccc(S(=O)(=O)N(CCC(=O)N2CCNCC2)CCN2CCCCC2C)cc1. The summed E-state index contributed by atoms with van der Waals surface area (Å²) in [5.41, 5.74) is 0. The smallest absolute Gasteiger partial charge is 0.243 e. The summed E-state index contributed by atoms with van der Waals surface area (Å²) < 4.78 is 33.9. The summed E-state index contributed by atoms with van der Waals surface area (Å²) in [5, 5.41) is 3.24. The van der Waals surface area contributed by atoms with Gasteiger partial charge in [-0.3, -0.25) is 9.69 Å². The number of benzene rings is 1. The summed E-state index contributed by atoms with van der Waals surface area (Å²) in [5.74, 6) is 0.666. The summed E-state index contributed by atoms with van der Waals surface area (Å²) in [6, 6.07) is 7.02. The molecule has 1 aromatic rings. The van der Waals surface area contributed by atoms with E-state index in [1.54, 1.807) is 24.3 Å². The van der Waals surface area contributed by atoms with E-state index in [1.165, 1.54) is 10.7 Å². The van der Waals surface area contributed by atoms with Crippen molar-refractivity contribution in [1.29, 1.82) is 0 Å². The van der Waals surface area contributed by atoms with Crippen molar-refractivity contribution in [2.24, 2.45) is 0 Å². The lowest BCUT2D eigenvalue weighted by atomic mass is 10.0. The Morgan fingerprint density at radius 2 is 1.84 bits per heavy atom. The summed E-state index contributed by atoms with van der Waals surface area (Å²) in [7, 11) is -3.71. The Hall–Kier alpha value is -1.68. The predicted octanol–water partition coefficient (Wildman–Crippen LogP) is 1.77. The van der Waals surface area contributed by atoms with Gasteiger partial charge >= 0.3 is 0 Å². The van der Waals surface area contributed by atoms with Crippen LogP contribution in [0.2, 0.25) is 0 Å². The average molecular weight is 467 g/mol. The second-order valence-electron chi connectivity index (χ2n) is 8.57. The fraction of sp³-hybridized carbons (Fsp3) is 0.696. The van der Waals surface area contributed by atoms with Crippen LogP contribution in [0.25, 0.3) is 0 Å². The zero-order valence-electron chi connectivity index (χ0n) is 19.5. The van der Waals surface area contributed by atoms with E-state index in [2.05, 4.69) is 17.1 Å². The van der Waals surface area contributed by atoms with Crippen molar-refractivity contribution in [3.8, 4) is 5.75 Å². The lowest BCUT2D eigenvalue weighted by Gasteiger charge is -2.35. The molecule has 0 aliphatic carbocycles. The van der Waals surface area contributed by atoms with Crippen LogP contribution in [0.1, 0.15) is 39.5 Å². The average Bonchev–Trinajstić information content (AvgIpc) is 2.81. The van der Waals surface area contributed by atoms with Gasteiger partial charge in [-0.05, 0) is 57.5 Å². The molecule has 1 aromatic carbocycles. The molecular formula is C23H38N4O4S. The monoisotopic (exact) mass is 466 g/mol. The summed E-state index contributed by atoms with van der Waals surface area (Å²) in [4.78, 5) is 17.1. The third-order valence-electron chi connectivity index (χ3n) is 6.39. The summed E-state index contributed by atoms with van der Waals surface area (Å²) in [6.07, 6.45) is 3.72. The molecule has 0 spiro atoms. The standard InChI is InChI=1S/C23H38N4O4S/c1-3-31-21-7-9-22(10-8-21)32(29,30)27(19-18-25-14-5-4-6-20(25)2)15-11-23(28)26-16-12-24-13-17-26/h7-10,20,24H,3-6,11-19H2,1-2H3. The molecule has 2 aliphatic rings. The van der Waals surface area contributed by atoms with Gasteiger partial charge in [0, 0.05) is 58.3 Å². The number of piperidine rings is 1. The molecule has 1 amide bonds. The lowest BCUT2D eigenvalue weighted by Crippen LogP contribution is -2.48. The third kappa shape index (κ3) is 6.66. The van der Waals surface area contributed by atoms with Crippen LogP contribution in [0.4, 0.5) is 0 Å². The van der Waals surface area contributed by atoms with Crippen LogP contribution in [-0.4, -0.2) is 93.4 Å². The van der Waals surface area contributed by atoms with Gasteiger partial charge in [-0.1, -0.05) is 6.42 Å². The number of likely N-dealkylation sites (tertiary alicyclic amines) is 1. The fourth-order valence-electron chi connectivity index (χ4n) is 4.40. The van der Waals surface area contributed by atoms with Gasteiger partial charge < -0.3 is 15.0 Å². The molecule has 0 radical (unpaired) electrons. The highest BCUT2D eigenvalue weighted by Gasteiger charge is 2.28. The Morgan fingerprint density at radius 1 is 1.12 bits per heavy atom. The van der Waals surface area contributed by atoms with Crippen molar-refractivity contribution in [2.75, 3.05) is 59.0 Å². The van der Waals surface area contributed by atoms with Gasteiger partial charge in [-0.2, -0.15) is 4.31 Å². The van der Waals surface area contributed by atoms with Crippen molar-refractivity contribution in [2.45, 2.75) is 50.5 Å². The maximum absolute atomic E-state index is 13.5. The summed E-state index contributed by atoms with van der Waals surface area (Å²) in [6.45, 7) is 9.81. The molecule has 3 rings (SSSR count). The molecule has 0 bridgehead atoms. The molecular weight excluding hydrogens is 428 g/mol. The highest BCUT2D eigenvalue weighted by molar-refractivity contribution is 7.89. The van der Waals surface area contributed by atoms with Gasteiger partial charge in [0.15, 0.2) is 0 Å². The molecule has 180 valence electrons. The quantitative estimate of drug-likeness (QED) is 0.566. The molecule has 2 heterocycles. The Kier molecular flexibility index (Phi) is 9.34. The maximum Gasteiger partial charge on any atom is 0.243 e. The number of nitrogens with zero attached hydrogens (tertiary/aromatic N) is 3. The number of nitrogens with one attached hydrogen (secondary N) is 1. The molecule has 1 atom stereocenters. The molecule has 9 heteroatoms. The third-order valence-corrected chi connectivity index (χ3v) is 8.31. The van der Waals surface area contributed by atoms with Crippen molar-refractivity contribution in [3.05, 3.63) is 24.3 Å². The molecule has 8 nitrogen and oxygen atoms in total. The minimum Gasteiger partial charge on any atom is -0.494 e. The van der Waals surface area contributed by atoms with E-state index >= 15 is 0 Å². The second kappa shape index (κ2) is 12.0. The topological polar surface area (TPSA) is 82.2 Å². The van der Waals surface area contributed by atoms with Crippen LogP contribution >= 0.6 is 0 Å². The molecule has 2 saturated heterocycles. The number of carbonyl (C=O) groups excluding carboxylic acids is 1. The first-order valence-corrected chi connectivity index (χ1v) is 13.3. The van der Waals surface area contributed by atoms with Crippen LogP contribution in [0.15, 0.2) is 29.2 Å². The van der Waals surface area contributed by atoms with Crippen LogP contribution in [0.3, 0.4) is 0 Å². The van der Waals surface area contributed by atoms with E-state index in [4.69, 9.17) is 4.74 Å². The first-order chi connectivity index (χ1) is 15.4. The second-order valence-corrected chi connectivity index (χ2v) is 10.5. The Bertz CT molecular complexity index is 825. The number of carbonyl (C=O) groups is 1. The molecule has 1 N–H and O–H groups in total. The predicted molar refractivity (Wildman–Crippen MR) is 125 cm³/mol. The number of rotatable bonds is 10. The molecule has 0 aromatic heterocycles. The van der Waals surface area contributed by atoms with Crippen molar-refractivity contribution in [3.63, 3.8) is 0 Å². The number of amides is 1. The first kappa shape index (κ1) is 25.0. The highest BCUT2D eigenvalue weighted by atomic mass is 32.2. The minimum atomic E-state index is -3.71. The van der Waals surface area contributed by atoms with E-state index in [0.717, 1.165) is 32.5 Å². The number of hydrogen-bond acceptors (Lipinski definition) is 6. The number of piperazine rings is 1. The summed E-state index contributed by atoms with van der Waals surface area (Å²) >= 11 is 0. The Morgan fingerprint density at radius 3 is 2.50 bits per heavy atom. The zero-order valence-corrected chi connectivity index (χ0v) is 20.3. The van der Waals surface area contributed by atoms with Crippen LogP contribution in [0, 0.1) is 0 Å². The number of ether oxygens (including phenoxy) is 1. The van der Waals surface area contributed by atoms with Gasteiger partial charge in [0.2, 0.25) is 15.9 Å². The van der Waals surface area contributed by atoms with Gasteiger partial charge in [0.25, 0.3) is 0 Å². The van der Waals surface area contributed by atoms with E-state index in [0.29, 0.717) is 44.6 Å². The molecule has 2 aliphatic heterocycles. The van der Waals surface area contributed by atoms with Crippen molar-refractivity contribution >= 4 is 15.9 Å². The lowest BCUT2D eigenvalue weighted by molar-refractivity contribution is -0.131. The Balaban J connectivity index is 1.71. The normalized spacial score (nSPS) is 20.5. The van der Waals surface area contributed by atoms with Crippen molar-refractivity contribution in [1.82, 2.24) is 19.4 Å². The largest absolute Gasteiger partial charge is 0.494 e. The number of hydrogen-bond donors (Lipinski definition) is 1. The highest BCUT2D eigenvalue weighted by Crippen LogP contribution is 2.21. The molecule has 0 saturated carbocycles. The first-order valence-electron chi connectivity index (χ1n) is 11.9. The zero-order chi connectivity index (χ0) is 23.0. The van der Waals surface area contributed by atoms with Crippen LogP contribution in [-0.2, 0) is 14.8 Å². The van der Waals surface area contributed by atoms with E-state index < -0.39 is 10.0 Å². The van der Waals surface area contributed by atoms with Crippen LogP contribution in [0.5, 0.6) is 5.75 Å². The van der Waals surface area contributed by atoms with E-state index in [9.17, 15) is 13.2 Å². The molecule has 1 unspecified atom stereocenters. The van der Waals surface area contributed by atoms with E-state index in [-0.39, 0.29) is 23.8 Å². The molecule has 2 fully saturated rings. The van der Waals surface area contributed by atoms with E-state index in [1.807, 2.05) is 11.8 Å². The van der Waals surface area contributed by atoms with Gasteiger partial charge in [-0.15, -0.1) is 0 Å². The van der Waals surface area contributed by atoms with Gasteiger partial charge in [0.05, 0.1) is 11.5 Å². The van der Waals surface area contributed by atoms with Gasteiger partial charge in [0.1, 0.15) is 5.75 Å². The Labute approximate surface area is 192 Å². The van der Waals surface area contributed by atoms with Crippen molar-refractivity contribution < 1.29 is 17.9 Å². The number of sulfonamides is 1.